The summed E-state index contributed by atoms with van der Waals surface area (Å²) in [5.41, 5.74) is 5.68. The normalized spacial score (nSPS) is 21.2. The third-order valence-electron chi connectivity index (χ3n) is 5.04. The van der Waals surface area contributed by atoms with Gasteiger partial charge in [-0.1, -0.05) is 6.92 Å². The molecule has 0 unspecified atom stereocenters. The predicted molar refractivity (Wildman–Crippen MR) is 105 cm³/mol. The number of aliphatic imine (C=N–C) groups is 1. The largest absolute Gasteiger partial charge is 0.444 e. The Kier molecular flexibility index (Phi) is 7.55. The van der Waals surface area contributed by atoms with E-state index in [4.69, 9.17) is 10.5 Å². The van der Waals surface area contributed by atoms with Crippen molar-refractivity contribution in [3.05, 3.63) is 0 Å². The number of guanidine groups is 1. The number of nitrogens with two attached hydrogens (primary N) is 1. The fourth-order valence-corrected chi connectivity index (χ4v) is 3.32. The number of piperazine rings is 1. The third-order valence-corrected chi connectivity index (χ3v) is 5.04. The minimum atomic E-state index is -0.457. The molecule has 2 N–H and O–H groups in total. The molecule has 2 fully saturated rings. The van der Waals surface area contributed by atoms with Crippen molar-refractivity contribution >= 4 is 12.1 Å². The molecule has 2 saturated heterocycles. The van der Waals surface area contributed by atoms with Crippen LogP contribution in [0.5, 0.6) is 0 Å². The Morgan fingerprint density at radius 2 is 1.65 bits per heavy atom. The van der Waals surface area contributed by atoms with Crippen LogP contribution in [0, 0.1) is 5.92 Å². The highest BCUT2D eigenvalue weighted by atomic mass is 16.6. The maximum absolute atomic E-state index is 12.1. The number of carbonyl (C=O) groups excluding carboxylic acids is 1. The lowest BCUT2D eigenvalue weighted by molar-refractivity contribution is 0.0186. The summed E-state index contributed by atoms with van der Waals surface area (Å²) in [4.78, 5) is 23.0. The SMILES string of the molecule is CC1CCN(CCCN=C(N)N2CCN(C(=O)OC(C)(C)C)CC2)CC1. The van der Waals surface area contributed by atoms with Crippen molar-refractivity contribution < 1.29 is 9.53 Å². The zero-order chi connectivity index (χ0) is 19.2. The molecule has 26 heavy (non-hydrogen) atoms. The highest BCUT2D eigenvalue weighted by molar-refractivity contribution is 5.78. The molecule has 0 aliphatic carbocycles. The van der Waals surface area contributed by atoms with Gasteiger partial charge in [-0.15, -0.1) is 0 Å². The average molecular weight is 368 g/mol. The number of carbonyl (C=O) groups is 1. The molecule has 150 valence electrons. The Hall–Kier alpha value is -1.50. The lowest BCUT2D eigenvalue weighted by Crippen LogP contribution is -2.53. The van der Waals surface area contributed by atoms with Crippen LogP contribution in [-0.2, 0) is 4.74 Å². The Bertz CT molecular complexity index is 473. The zero-order valence-electron chi connectivity index (χ0n) is 17.0. The molecular formula is C19H37N5O2. The first-order valence-electron chi connectivity index (χ1n) is 10.00. The van der Waals surface area contributed by atoms with Gasteiger partial charge in [0.15, 0.2) is 5.96 Å². The van der Waals surface area contributed by atoms with Gasteiger partial charge in [0, 0.05) is 32.7 Å². The van der Waals surface area contributed by atoms with Crippen molar-refractivity contribution in [3.8, 4) is 0 Å². The second-order valence-electron chi connectivity index (χ2n) is 8.57. The number of hydrogen-bond donors (Lipinski definition) is 1. The molecule has 7 nitrogen and oxygen atoms in total. The first kappa shape index (κ1) is 20.8. The summed E-state index contributed by atoms with van der Waals surface area (Å²) >= 11 is 0. The van der Waals surface area contributed by atoms with Crippen LogP contribution in [0.25, 0.3) is 0 Å². The molecule has 7 heteroatoms. The summed E-state index contributed by atoms with van der Waals surface area (Å²) in [5, 5.41) is 0. The summed E-state index contributed by atoms with van der Waals surface area (Å²) < 4.78 is 5.42. The van der Waals surface area contributed by atoms with Gasteiger partial charge in [-0.2, -0.15) is 0 Å². The summed E-state index contributed by atoms with van der Waals surface area (Å²) in [6, 6.07) is 0. The van der Waals surface area contributed by atoms with Gasteiger partial charge in [0.2, 0.25) is 0 Å². The van der Waals surface area contributed by atoms with E-state index in [0.29, 0.717) is 32.1 Å². The molecule has 0 spiro atoms. The van der Waals surface area contributed by atoms with Crippen molar-refractivity contribution in [2.24, 2.45) is 16.6 Å². The van der Waals surface area contributed by atoms with E-state index in [1.54, 1.807) is 4.90 Å². The van der Waals surface area contributed by atoms with Crippen LogP contribution in [0.3, 0.4) is 0 Å². The summed E-state index contributed by atoms with van der Waals surface area (Å²) in [7, 11) is 0. The molecular weight excluding hydrogens is 330 g/mol. The van der Waals surface area contributed by atoms with Gasteiger partial charge in [0.05, 0.1) is 0 Å². The maximum Gasteiger partial charge on any atom is 0.410 e. The summed E-state index contributed by atoms with van der Waals surface area (Å²) in [6.07, 6.45) is 3.43. The molecule has 0 saturated carbocycles. The Labute approximate surface area is 158 Å². The van der Waals surface area contributed by atoms with Gasteiger partial charge in [-0.3, -0.25) is 4.99 Å². The standard InChI is InChI=1S/C19H37N5O2/c1-16-6-10-22(11-7-16)9-5-8-21-17(20)23-12-14-24(15-13-23)18(25)26-19(2,3)4/h16H,5-15H2,1-4H3,(H2,20,21). The molecule has 2 heterocycles. The molecule has 0 aromatic heterocycles. The van der Waals surface area contributed by atoms with Crippen LogP contribution < -0.4 is 5.73 Å². The molecule has 2 rings (SSSR count). The Morgan fingerprint density at radius 1 is 1.08 bits per heavy atom. The van der Waals surface area contributed by atoms with Crippen LogP contribution in [0.1, 0.15) is 47.0 Å². The monoisotopic (exact) mass is 367 g/mol. The average Bonchev–Trinajstić information content (AvgIpc) is 2.59. The number of nitrogens with zero attached hydrogens (tertiary/aromatic N) is 4. The molecule has 2 aliphatic rings. The van der Waals surface area contributed by atoms with Gasteiger partial charge < -0.3 is 25.2 Å². The van der Waals surface area contributed by atoms with E-state index in [1.165, 1.54) is 25.9 Å². The van der Waals surface area contributed by atoms with E-state index < -0.39 is 5.60 Å². The maximum atomic E-state index is 12.1. The Morgan fingerprint density at radius 3 is 2.23 bits per heavy atom. The second-order valence-corrected chi connectivity index (χ2v) is 8.57. The van der Waals surface area contributed by atoms with Crippen LogP contribution >= 0.6 is 0 Å². The van der Waals surface area contributed by atoms with Crippen molar-refractivity contribution in [2.75, 3.05) is 52.4 Å². The van der Waals surface area contributed by atoms with Gasteiger partial charge in [-0.25, -0.2) is 4.79 Å². The van der Waals surface area contributed by atoms with E-state index in [9.17, 15) is 4.79 Å². The fourth-order valence-electron chi connectivity index (χ4n) is 3.32. The molecule has 2 aliphatic heterocycles. The number of rotatable bonds is 4. The van der Waals surface area contributed by atoms with Crippen molar-refractivity contribution in [2.45, 2.75) is 52.6 Å². The lowest BCUT2D eigenvalue weighted by atomic mass is 9.99. The minimum absolute atomic E-state index is 0.247. The van der Waals surface area contributed by atoms with Crippen molar-refractivity contribution in [1.29, 1.82) is 0 Å². The minimum Gasteiger partial charge on any atom is -0.444 e. The highest BCUT2D eigenvalue weighted by Crippen LogP contribution is 2.16. The van der Waals surface area contributed by atoms with Crippen LogP contribution in [0.4, 0.5) is 4.79 Å². The van der Waals surface area contributed by atoms with E-state index >= 15 is 0 Å². The zero-order valence-corrected chi connectivity index (χ0v) is 17.0. The van der Waals surface area contributed by atoms with Crippen LogP contribution in [0.2, 0.25) is 0 Å². The molecule has 0 aromatic carbocycles. The number of ether oxygens (including phenoxy) is 1. The second kappa shape index (κ2) is 9.44. The third kappa shape index (κ3) is 7.02. The first-order chi connectivity index (χ1) is 12.2. The molecule has 0 aromatic rings. The fraction of sp³-hybridized carbons (Fsp3) is 0.895. The predicted octanol–water partition coefficient (Wildman–Crippen LogP) is 1.98. The summed E-state index contributed by atoms with van der Waals surface area (Å²) in [6.45, 7) is 15.0. The molecule has 0 radical (unpaired) electrons. The molecule has 0 bridgehead atoms. The van der Waals surface area contributed by atoms with Gasteiger partial charge in [-0.05, 0) is 65.6 Å². The van der Waals surface area contributed by atoms with E-state index in [2.05, 4.69) is 21.7 Å². The molecule has 1 amide bonds. The van der Waals surface area contributed by atoms with E-state index in [-0.39, 0.29) is 6.09 Å². The first-order valence-corrected chi connectivity index (χ1v) is 10.00. The number of amides is 1. The Balaban J connectivity index is 1.65. The van der Waals surface area contributed by atoms with Crippen LogP contribution in [-0.4, -0.2) is 84.7 Å². The number of hydrogen-bond acceptors (Lipinski definition) is 4. The molecule has 0 atom stereocenters. The van der Waals surface area contributed by atoms with Gasteiger partial charge in [0.25, 0.3) is 0 Å². The highest BCUT2D eigenvalue weighted by Gasteiger charge is 2.26. The smallest absolute Gasteiger partial charge is 0.410 e. The topological polar surface area (TPSA) is 74.4 Å². The van der Waals surface area contributed by atoms with Crippen molar-refractivity contribution in [3.63, 3.8) is 0 Å². The van der Waals surface area contributed by atoms with Crippen molar-refractivity contribution in [1.82, 2.24) is 14.7 Å². The summed E-state index contributed by atoms with van der Waals surface area (Å²) in [5.74, 6) is 1.47. The number of piperidine rings is 1. The lowest BCUT2D eigenvalue weighted by Gasteiger charge is -2.36. The van der Waals surface area contributed by atoms with Crippen LogP contribution in [0.15, 0.2) is 4.99 Å². The van der Waals surface area contributed by atoms with E-state index in [0.717, 1.165) is 25.4 Å². The quantitative estimate of drug-likeness (QED) is 0.467. The van der Waals surface area contributed by atoms with E-state index in [1.807, 2.05) is 20.8 Å². The number of likely N-dealkylation sites (tertiary alicyclic amines) is 1. The van der Waals surface area contributed by atoms with Gasteiger partial charge in [0.1, 0.15) is 5.60 Å². The van der Waals surface area contributed by atoms with Gasteiger partial charge >= 0.3 is 6.09 Å².